The van der Waals surface area contributed by atoms with E-state index in [0.717, 1.165) is 121 Å². The summed E-state index contributed by atoms with van der Waals surface area (Å²) in [6, 6.07) is 0. The van der Waals surface area contributed by atoms with E-state index in [2.05, 4.69) is 65.8 Å². The Labute approximate surface area is 573 Å². The number of carbonyl (C=O) groups is 4. The number of hydrogen-bond donors (Lipinski definition) is 3. The zero-order valence-corrected chi connectivity index (χ0v) is 62.5. The van der Waals surface area contributed by atoms with Crippen LogP contribution in [0.4, 0.5) is 0 Å². The van der Waals surface area contributed by atoms with Gasteiger partial charge < -0.3 is 33.8 Å². The Kier molecular flexibility index (Phi) is 64.7. The maximum atomic E-state index is 13.1. The average molecular weight is 1380 g/mol. The zero-order valence-electron chi connectivity index (χ0n) is 60.7. The van der Waals surface area contributed by atoms with E-state index in [1.54, 1.807) is 0 Å². The maximum absolute atomic E-state index is 13.1. The molecule has 0 aliphatic carbocycles. The van der Waals surface area contributed by atoms with E-state index >= 15 is 0 Å². The van der Waals surface area contributed by atoms with Gasteiger partial charge in [-0.15, -0.1) is 0 Å². The van der Waals surface area contributed by atoms with Crippen LogP contribution in [0, 0.1) is 11.8 Å². The van der Waals surface area contributed by atoms with E-state index in [-0.39, 0.29) is 25.7 Å². The molecule has 0 aromatic rings. The van der Waals surface area contributed by atoms with Gasteiger partial charge in [-0.25, -0.2) is 9.13 Å². The van der Waals surface area contributed by atoms with Crippen LogP contribution >= 0.6 is 15.6 Å². The van der Waals surface area contributed by atoms with E-state index in [4.69, 9.17) is 37.0 Å². The summed E-state index contributed by atoms with van der Waals surface area (Å²) >= 11 is 0. The summed E-state index contributed by atoms with van der Waals surface area (Å²) < 4.78 is 68.4. The third kappa shape index (κ3) is 68.1. The number of ether oxygens (including phenoxy) is 4. The van der Waals surface area contributed by atoms with Crippen LogP contribution in [-0.2, 0) is 65.4 Å². The molecule has 0 rings (SSSR count). The second kappa shape index (κ2) is 66.4. The summed E-state index contributed by atoms with van der Waals surface area (Å²) in [6.07, 6.45) is 56.2. The predicted octanol–water partition coefficient (Wildman–Crippen LogP) is 21.5. The first-order valence-electron chi connectivity index (χ1n) is 38.3. The number of phosphoric acid groups is 2. The van der Waals surface area contributed by atoms with E-state index < -0.39 is 97.5 Å². The van der Waals surface area contributed by atoms with Gasteiger partial charge in [-0.3, -0.25) is 37.3 Å². The first-order valence-corrected chi connectivity index (χ1v) is 41.3. The Morgan fingerprint density at radius 2 is 0.574 bits per heavy atom. The third-order valence-corrected chi connectivity index (χ3v) is 18.7. The summed E-state index contributed by atoms with van der Waals surface area (Å²) in [4.78, 5) is 72.7. The van der Waals surface area contributed by atoms with Crippen molar-refractivity contribution in [3.8, 4) is 0 Å². The summed E-state index contributed by atoms with van der Waals surface area (Å²) in [5.74, 6) is -0.620. The highest BCUT2D eigenvalue weighted by Crippen LogP contribution is 2.45. The average Bonchev–Trinajstić information content (AvgIpc) is 3.71. The Morgan fingerprint density at radius 3 is 0.872 bits per heavy atom. The van der Waals surface area contributed by atoms with Crippen LogP contribution < -0.4 is 0 Å². The van der Waals surface area contributed by atoms with Crippen molar-refractivity contribution in [3.63, 3.8) is 0 Å². The van der Waals surface area contributed by atoms with Gasteiger partial charge >= 0.3 is 39.5 Å². The summed E-state index contributed by atoms with van der Waals surface area (Å²) in [6.45, 7) is 9.51. The van der Waals surface area contributed by atoms with Crippen molar-refractivity contribution in [2.75, 3.05) is 39.6 Å². The highest BCUT2D eigenvalue weighted by atomic mass is 31.2. The normalized spacial score (nSPS) is 14.2. The van der Waals surface area contributed by atoms with Gasteiger partial charge in [-0.2, -0.15) is 0 Å². The fourth-order valence-corrected chi connectivity index (χ4v) is 12.5. The van der Waals surface area contributed by atoms with E-state index in [9.17, 15) is 43.2 Å². The number of aliphatic hydroxyl groups is 1. The van der Waals surface area contributed by atoms with Gasteiger partial charge in [0, 0.05) is 25.7 Å². The molecular weight excluding hydrogens is 1230 g/mol. The van der Waals surface area contributed by atoms with E-state index in [0.29, 0.717) is 25.7 Å². The van der Waals surface area contributed by atoms with Gasteiger partial charge in [0.05, 0.1) is 26.4 Å². The largest absolute Gasteiger partial charge is 0.472 e. The molecule has 2 unspecified atom stereocenters. The first-order chi connectivity index (χ1) is 45.4. The third-order valence-electron chi connectivity index (χ3n) is 16.8. The van der Waals surface area contributed by atoms with Gasteiger partial charge in [0.25, 0.3) is 0 Å². The van der Waals surface area contributed by atoms with Crippen molar-refractivity contribution < 1.29 is 80.2 Å². The van der Waals surface area contributed by atoms with Crippen molar-refractivity contribution >= 4 is 39.5 Å². The van der Waals surface area contributed by atoms with Crippen LogP contribution in [0.3, 0.4) is 0 Å². The molecule has 17 nitrogen and oxygen atoms in total. The minimum atomic E-state index is -4.96. The highest BCUT2D eigenvalue weighted by Gasteiger charge is 2.30. The molecular formula is C75H142O17P2. The highest BCUT2D eigenvalue weighted by molar-refractivity contribution is 7.47. The minimum Gasteiger partial charge on any atom is -0.462 e. The molecule has 0 aliphatic rings. The van der Waals surface area contributed by atoms with Crippen molar-refractivity contribution in [1.29, 1.82) is 0 Å². The number of esters is 4. The van der Waals surface area contributed by atoms with Crippen molar-refractivity contribution in [1.82, 2.24) is 0 Å². The molecule has 3 N–H and O–H groups in total. The monoisotopic (exact) mass is 1380 g/mol. The lowest BCUT2D eigenvalue weighted by molar-refractivity contribution is -0.161. The molecule has 0 bridgehead atoms. The Hall–Kier alpha value is -2.46. The van der Waals surface area contributed by atoms with Crippen LogP contribution in [0.15, 0.2) is 24.3 Å². The fraction of sp³-hybridized carbons (Fsp3) is 0.893. The zero-order chi connectivity index (χ0) is 69.3. The molecule has 0 aliphatic heterocycles. The van der Waals surface area contributed by atoms with Crippen LogP contribution in [-0.4, -0.2) is 96.7 Å². The van der Waals surface area contributed by atoms with Crippen molar-refractivity contribution in [2.24, 2.45) is 11.8 Å². The molecule has 0 spiro atoms. The number of phosphoric ester groups is 2. The second-order valence-electron chi connectivity index (χ2n) is 27.3. The van der Waals surface area contributed by atoms with Crippen LogP contribution in [0.25, 0.3) is 0 Å². The predicted molar refractivity (Wildman–Crippen MR) is 381 cm³/mol. The van der Waals surface area contributed by atoms with Crippen LogP contribution in [0.1, 0.15) is 363 Å². The molecule has 0 saturated carbocycles. The number of unbranched alkanes of at least 4 members (excludes halogenated alkanes) is 39. The van der Waals surface area contributed by atoms with E-state index in [1.807, 2.05) is 0 Å². The molecule has 554 valence electrons. The van der Waals surface area contributed by atoms with Gasteiger partial charge in [0.1, 0.15) is 19.3 Å². The lowest BCUT2D eigenvalue weighted by Crippen LogP contribution is -2.30. The Morgan fingerprint density at radius 1 is 0.330 bits per heavy atom. The summed E-state index contributed by atoms with van der Waals surface area (Å²) in [5, 5.41) is 10.6. The Balaban J connectivity index is 5.28. The molecule has 0 fully saturated rings. The van der Waals surface area contributed by atoms with Gasteiger partial charge in [-0.1, -0.05) is 310 Å². The smallest absolute Gasteiger partial charge is 0.462 e. The number of carbonyl (C=O) groups excluding carboxylic acids is 4. The second-order valence-corrected chi connectivity index (χ2v) is 30.2. The molecule has 5 atom stereocenters. The lowest BCUT2D eigenvalue weighted by atomic mass is 10.0. The summed E-state index contributed by atoms with van der Waals surface area (Å²) in [7, 11) is -9.92. The Bertz CT molecular complexity index is 1910. The topological polar surface area (TPSA) is 237 Å². The number of allylic oxidation sites excluding steroid dienone is 4. The SMILES string of the molecule is CCCCCC/C=C\C=C/CCCCCCCC(=O)OC[C@H](COP(=O)(O)OC[C@@H](O)COP(=O)(O)OC[C@@H](COC(=O)CCCCCCCCCCCC)OC(=O)CCCCCCCCCCCC(C)C)OC(=O)CCCCCCCCCCCCCCCCC(C)C. The molecule has 94 heavy (non-hydrogen) atoms. The standard InChI is InChI=1S/C75H142O17P2/c1-7-9-11-13-15-17-19-20-21-25-28-34-40-46-52-58-73(78)86-64-70(91-74(79)59-53-47-41-35-29-26-23-22-24-27-31-37-43-49-55-67(3)4)65-89-93(81,82)87-61-69(76)62-88-94(83,84)90-66-71(63-85-72(77)57-51-45-39-33-18-16-14-12-10-8-2)92-75(80)60-54-48-42-36-30-32-38-44-50-56-68(5)6/h17,19-21,67-71,76H,7-16,18,22-66H2,1-6H3,(H,81,82)(H,83,84)/b19-17-,21-20-/t69-,70-,71-/m1/s1. The van der Waals surface area contributed by atoms with Crippen LogP contribution in [0.2, 0.25) is 0 Å². The number of hydrogen-bond acceptors (Lipinski definition) is 15. The molecule has 0 aromatic heterocycles. The molecule has 0 amide bonds. The summed E-state index contributed by atoms with van der Waals surface area (Å²) in [5.41, 5.74) is 0. The van der Waals surface area contributed by atoms with Crippen molar-refractivity contribution in [3.05, 3.63) is 24.3 Å². The molecule has 0 aromatic carbocycles. The van der Waals surface area contributed by atoms with E-state index in [1.165, 1.54) is 161 Å². The maximum Gasteiger partial charge on any atom is 0.472 e. The number of aliphatic hydroxyl groups excluding tert-OH is 1. The van der Waals surface area contributed by atoms with Crippen LogP contribution in [0.5, 0.6) is 0 Å². The van der Waals surface area contributed by atoms with Gasteiger partial charge in [0.15, 0.2) is 12.2 Å². The van der Waals surface area contributed by atoms with Crippen molar-refractivity contribution in [2.45, 2.75) is 381 Å². The fourth-order valence-electron chi connectivity index (χ4n) is 10.9. The van der Waals surface area contributed by atoms with Gasteiger partial charge in [-0.05, 0) is 63.2 Å². The lowest BCUT2D eigenvalue weighted by Gasteiger charge is -2.21. The molecule has 0 radical (unpaired) electrons. The quantitative estimate of drug-likeness (QED) is 0.0169. The molecule has 0 saturated heterocycles. The minimum absolute atomic E-state index is 0.101. The first kappa shape index (κ1) is 91.5. The van der Waals surface area contributed by atoms with Gasteiger partial charge in [0.2, 0.25) is 0 Å². The molecule has 0 heterocycles. The molecule has 19 heteroatoms. The number of rotatable bonds is 72.